The zero-order chi connectivity index (χ0) is 15.7. The lowest BCUT2D eigenvalue weighted by Gasteiger charge is -2.37. The summed E-state index contributed by atoms with van der Waals surface area (Å²) in [7, 11) is -3.28. The lowest BCUT2D eigenvalue weighted by atomic mass is 10.2. The van der Waals surface area contributed by atoms with Crippen LogP contribution in [0.15, 0.2) is 18.3 Å². The number of sulfonamides is 1. The summed E-state index contributed by atoms with van der Waals surface area (Å²) >= 11 is 0. The van der Waals surface area contributed by atoms with Gasteiger partial charge in [0.05, 0.1) is 24.4 Å². The van der Waals surface area contributed by atoms with E-state index in [-0.39, 0.29) is 24.7 Å². The third kappa shape index (κ3) is 3.85. The van der Waals surface area contributed by atoms with Crippen LogP contribution in [-0.4, -0.2) is 42.7 Å². The molecule has 21 heavy (non-hydrogen) atoms. The van der Waals surface area contributed by atoms with Crippen LogP contribution in [0, 0.1) is 0 Å². The fourth-order valence-electron chi connectivity index (χ4n) is 1.91. The Morgan fingerprint density at radius 2 is 2.10 bits per heavy atom. The molecule has 1 aliphatic rings. The lowest BCUT2D eigenvalue weighted by Crippen LogP contribution is -2.56. The van der Waals surface area contributed by atoms with Crippen molar-refractivity contribution >= 4 is 10.0 Å². The summed E-state index contributed by atoms with van der Waals surface area (Å²) < 4.78 is 67.5. The number of rotatable bonds is 5. The first-order chi connectivity index (χ1) is 9.72. The van der Waals surface area contributed by atoms with Crippen LogP contribution in [0.25, 0.3) is 0 Å². The molecule has 9 heteroatoms. The van der Waals surface area contributed by atoms with E-state index in [1.807, 2.05) is 0 Å². The van der Waals surface area contributed by atoms with Gasteiger partial charge in [0.15, 0.2) is 0 Å². The third-order valence-corrected chi connectivity index (χ3v) is 5.03. The molecular formula is C12H15F3N2O3S. The predicted molar refractivity (Wildman–Crippen MR) is 69.3 cm³/mol. The normalized spacial score (nSPS) is 17.5. The van der Waals surface area contributed by atoms with Crippen LogP contribution in [0.2, 0.25) is 0 Å². The number of alkyl halides is 3. The summed E-state index contributed by atoms with van der Waals surface area (Å²) in [6.45, 7) is 2.04. The quantitative estimate of drug-likeness (QED) is 0.830. The van der Waals surface area contributed by atoms with Crippen molar-refractivity contribution in [2.24, 2.45) is 0 Å². The Morgan fingerprint density at radius 1 is 1.43 bits per heavy atom. The van der Waals surface area contributed by atoms with Crippen molar-refractivity contribution in [1.29, 1.82) is 0 Å². The second-order valence-electron chi connectivity index (χ2n) is 4.75. The van der Waals surface area contributed by atoms with Crippen molar-refractivity contribution in [3.05, 3.63) is 23.9 Å². The van der Waals surface area contributed by atoms with Gasteiger partial charge in [-0.15, -0.1) is 0 Å². The molecule has 0 radical (unpaired) electrons. The smallest absolute Gasteiger partial charge is 0.416 e. The van der Waals surface area contributed by atoms with Gasteiger partial charge in [-0.25, -0.2) is 13.4 Å². The Balaban J connectivity index is 1.94. The number of halogens is 3. The van der Waals surface area contributed by atoms with E-state index in [0.717, 1.165) is 18.3 Å². The maximum absolute atomic E-state index is 12.5. The Bertz CT molecular complexity index is 598. The highest BCUT2D eigenvalue weighted by atomic mass is 32.2. The van der Waals surface area contributed by atoms with Crippen molar-refractivity contribution in [3.8, 4) is 5.88 Å². The van der Waals surface area contributed by atoms with Crippen LogP contribution in [0.4, 0.5) is 13.2 Å². The van der Waals surface area contributed by atoms with Crippen molar-refractivity contribution < 1.29 is 26.3 Å². The molecule has 1 aromatic rings. The minimum Gasteiger partial charge on any atom is -0.472 e. The second kappa shape index (κ2) is 5.80. The molecule has 0 N–H and O–H groups in total. The highest BCUT2D eigenvalue weighted by Crippen LogP contribution is 2.31. The number of nitrogens with zero attached hydrogens (tertiary/aromatic N) is 2. The van der Waals surface area contributed by atoms with Gasteiger partial charge in [0.2, 0.25) is 15.9 Å². The Hall–Kier alpha value is -1.35. The van der Waals surface area contributed by atoms with E-state index in [1.54, 1.807) is 6.92 Å². The molecule has 5 nitrogen and oxygen atoms in total. The molecule has 0 amide bonds. The number of hydrogen-bond acceptors (Lipinski definition) is 4. The molecular weight excluding hydrogens is 309 g/mol. The van der Waals surface area contributed by atoms with E-state index in [9.17, 15) is 21.6 Å². The lowest BCUT2D eigenvalue weighted by molar-refractivity contribution is -0.137. The van der Waals surface area contributed by atoms with Gasteiger partial charge in [0, 0.05) is 12.3 Å². The number of aromatic nitrogens is 1. The zero-order valence-electron chi connectivity index (χ0n) is 11.3. The molecule has 0 unspecified atom stereocenters. The van der Waals surface area contributed by atoms with Gasteiger partial charge >= 0.3 is 6.18 Å². The van der Waals surface area contributed by atoms with Gasteiger partial charge in [-0.2, -0.15) is 17.5 Å². The molecule has 0 aromatic carbocycles. The Morgan fingerprint density at radius 3 is 2.67 bits per heavy atom. The molecule has 0 spiro atoms. The third-order valence-electron chi connectivity index (χ3n) is 3.02. The first-order valence-electron chi connectivity index (χ1n) is 6.40. The summed E-state index contributed by atoms with van der Waals surface area (Å²) in [5.74, 6) is -0.0935. The van der Waals surface area contributed by atoms with Gasteiger partial charge in [-0.3, -0.25) is 0 Å². The van der Waals surface area contributed by atoms with Gasteiger partial charge in [0.25, 0.3) is 0 Å². The van der Waals surface area contributed by atoms with Crippen molar-refractivity contribution in [3.63, 3.8) is 0 Å². The van der Waals surface area contributed by atoms with Crippen molar-refractivity contribution in [2.75, 3.05) is 18.8 Å². The molecule has 1 aromatic heterocycles. The Labute approximate surface area is 120 Å². The van der Waals surface area contributed by atoms with E-state index in [0.29, 0.717) is 6.42 Å². The maximum Gasteiger partial charge on any atom is 0.416 e. The van der Waals surface area contributed by atoms with Crippen molar-refractivity contribution in [2.45, 2.75) is 25.6 Å². The van der Waals surface area contributed by atoms with Crippen LogP contribution in [0.1, 0.15) is 18.9 Å². The molecule has 0 atom stereocenters. The number of ether oxygens (including phenoxy) is 1. The first-order valence-corrected chi connectivity index (χ1v) is 8.01. The number of pyridine rings is 1. The molecule has 2 heterocycles. The van der Waals surface area contributed by atoms with Gasteiger partial charge in [-0.05, 0) is 12.5 Å². The Kier molecular flexibility index (Phi) is 4.43. The fraction of sp³-hybridized carbons (Fsp3) is 0.583. The molecule has 118 valence electrons. The number of hydrogen-bond donors (Lipinski definition) is 0. The molecule has 0 saturated carbocycles. The van der Waals surface area contributed by atoms with Crippen LogP contribution >= 0.6 is 0 Å². The molecule has 0 bridgehead atoms. The largest absolute Gasteiger partial charge is 0.472 e. The highest BCUT2D eigenvalue weighted by molar-refractivity contribution is 7.89. The fourth-order valence-corrected chi connectivity index (χ4v) is 3.47. The van der Waals surface area contributed by atoms with E-state index < -0.39 is 27.9 Å². The van der Waals surface area contributed by atoms with Crippen LogP contribution < -0.4 is 4.74 Å². The maximum atomic E-state index is 12.5. The van der Waals surface area contributed by atoms with E-state index in [1.165, 1.54) is 4.31 Å². The minimum atomic E-state index is -4.46. The van der Waals surface area contributed by atoms with E-state index >= 15 is 0 Å². The summed E-state index contributed by atoms with van der Waals surface area (Å²) in [5, 5.41) is 0. The molecule has 2 rings (SSSR count). The second-order valence-corrected chi connectivity index (χ2v) is 6.84. The molecule has 0 aliphatic carbocycles. The van der Waals surface area contributed by atoms with Crippen molar-refractivity contribution in [1.82, 2.24) is 9.29 Å². The van der Waals surface area contributed by atoms with Crippen LogP contribution in [-0.2, 0) is 16.2 Å². The SMILES string of the molecule is CCCS(=O)(=O)N1CC(Oc2cc(C(F)(F)F)ccn2)C1. The first kappa shape index (κ1) is 16.0. The monoisotopic (exact) mass is 324 g/mol. The summed E-state index contributed by atoms with van der Waals surface area (Å²) in [5.41, 5.74) is -0.845. The van der Waals surface area contributed by atoms with Crippen LogP contribution in [0.3, 0.4) is 0 Å². The minimum absolute atomic E-state index is 0.0571. The molecule has 1 saturated heterocycles. The summed E-state index contributed by atoms with van der Waals surface area (Å²) in [6, 6.07) is 1.66. The average Bonchev–Trinajstić information content (AvgIpc) is 2.32. The van der Waals surface area contributed by atoms with Gasteiger partial charge in [0.1, 0.15) is 6.10 Å². The standard InChI is InChI=1S/C12H15F3N2O3S/c1-2-5-21(18,19)17-7-10(8-17)20-11-6-9(3-4-16-11)12(13,14)15/h3-4,6,10H,2,5,7-8H2,1H3. The van der Waals surface area contributed by atoms with E-state index in [4.69, 9.17) is 4.74 Å². The predicted octanol–water partition coefficient (Wildman–Crippen LogP) is 1.90. The highest BCUT2D eigenvalue weighted by Gasteiger charge is 2.37. The topological polar surface area (TPSA) is 59.5 Å². The molecule has 1 aliphatic heterocycles. The molecule has 1 fully saturated rings. The zero-order valence-corrected chi connectivity index (χ0v) is 12.1. The summed E-state index contributed by atoms with van der Waals surface area (Å²) in [4.78, 5) is 3.71. The van der Waals surface area contributed by atoms with Gasteiger partial charge < -0.3 is 4.74 Å². The van der Waals surface area contributed by atoms with Gasteiger partial charge in [-0.1, -0.05) is 6.92 Å². The van der Waals surface area contributed by atoms with Crippen LogP contribution in [0.5, 0.6) is 5.88 Å². The average molecular weight is 324 g/mol. The summed E-state index contributed by atoms with van der Waals surface area (Å²) in [6.07, 6.45) is -3.40. The van der Waals surface area contributed by atoms with E-state index in [2.05, 4.69) is 4.98 Å².